The Balaban J connectivity index is 2.23. The second-order valence-electron chi connectivity index (χ2n) is 4.74. The molecule has 0 aliphatic carbocycles. The SMILES string of the molecule is COC(=O)c1cnc(N2CCN(CC#N)CC2)c([N+](=O)[O-])c1. The molecule has 1 aliphatic rings. The number of anilines is 1. The van der Waals surface area contributed by atoms with Crippen LogP contribution in [-0.2, 0) is 4.74 Å². The lowest BCUT2D eigenvalue weighted by Gasteiger charge is -2.33. The van der Waals surface area contributed by atoms with Gasteiger partial charge in [0.1, 0.15) is 0 Å². The van der Waals surface area contributed by atoms with Gasteiger partial charge in [0.15, 0.2) is 0 Å². The first-order valence-electron chi connectivity index (χ1n) is 6.63. The number of nitrogens with zero attached hydrogens (tertiary/aromatic N) is 5. The molecule has 1 aromatic rings. The van der Waals surface area contributed by atoms with Crippen molar-refractivity contribution in [2.24, 2.45) is 0 Å². The van der Waals surface area contributed by atoms with E-state index in [4.69, 9.17) is 5.26 Å². The van der Waals surface area contributed by atoms with Gasteiger partial charge in [-0.3, -0.25) is 15.0 Å². The molecule has 9 nitrogen and oxygen atoms in total. The summed E-state index contributed by atoms with van der Waals surface area (Å²) in [5, 5.41) is 19.9. The highest BCUT2D eigenvalue weighted by molar-refractivity contribution is 5.90. The fraction of sp³-hybridized carbons (Fsp3) is 0.462. The number of nitro groups is 1. The molecule has 0 amide bonds. The van der Waals surface area contributed by atoms with Crippen LogP contribution in [-0.4, -0.2) is 60.6 Å². The first-order chi connectivity index (χ1) is 10.6. The lowest BCUT2D eigenvalue weighted by Crippen LogP contribution is -2.46. The maximum absolute atomic E-state index is 11.5. The van der Waals surface area contributed by atoms with Gasteiger partial charge in [-0.15, -0.1) is 0 Å². The number of hydrogen-bond acceptors (Lipinski definition) is 8. The summed E-state index contributed by atoms with van der Waals surface area (Å²) in [6, 6.07) is 3.26. The van der Waals surface area contributed by atoms with E-state index in [2.05, 4.69) is 15.8 Å². The highest BCUT2D eigenvalue weighted by Gasteiger charge is 2.26. The van der Waals surface area contributed by atoms with E-state index in [0.717, 1.165) is 0 Å². The number of piperazine rings is 1. The molecule has 2 heterocycles. The van der Waals surface area contributed by atoms with Gasteiger partial charge in [0, 0.05) is 38.4 Å². The van der Waals surface area contributed by atoms with Gasteiger partial charge < -0.3 is 9.64 Å². The first-order valence-corrected chi connectivity index (χ1v) is 6.63. The standard InChI is InChI=1S/C13H15N5O4/c1-22-13(19)10-8-11(18(20)21)12(15-9-10)17-6-4-16(3-2-14)5-7-17/h8-9H,3-7H2,1H3. The monoisotopic (exact) mass is 305 g/mol. The molecule has 0 saturated carbocycles. The predicted molar refractivity (Wildman–Crippen MR) is 76.5 cm³/mol. The Kier molecular flexibility index (Phi) is 4.85. The number of carbonyl (C=O) groups is 1. The minimum absolute atomic E-state index is 0.0427. The van der Waals surface area contributed by atoms with Gasteiger partial charge in [-0.2, -0.15) is 5.26 Å². The van der Waals surface area contributed by atoms with Crippen molar-refractivity contribution in [3.63, 3.8) is 0 Å². The van der Waals surface area contributed by atoms with E-state index in [1.54, 1.807) is 4.90 Å². The van der Waals surface area contributed by atoms with Crippen LogP contribution in [0.2, 0.25) is 0 Å². The third-order valence-electron chi connectivity index (χ3n) is 3.43. The fourth-order valence-electron chi connectivity index (χ4n) is 2.27. The first kappa shape index (κ1) is 15.7. The summed E-state index contributed by atoms with van der Waals surface area (Å²) >= 11 is 0. The van der Waals surface area contributed by atoms with E-state index in [1.165, 1.54) is 19.4 Å². The Morgan fingerprint density at radius 2 is 2.18 bits per heavy atom. The average molecular weight is 305 g/mol. The van der Waals surface area contributed by atoms with Gasteiger partial charge in [-0.05, 0) is 0 Å². The van der Waals surface area contributed by atoms with Crippen LogP contribution in [0.4, 0.5) is 11.5 Å². The molecular formula is C13H15N5O4. The normalized spacial score (nSPS) is 15.2. The van der Waals surface area contributed by atoms with E-state index < -0.39 is 10.9 Å². The second-order valence-corrected chi connectivity index (χ2v) is 4.74. The Hall–Kier alpha value is -2.73. The molecule has 0 bridgehead atoms. The van der Waals surface area contributed by atoms with Crippen LogP contribution in [0, 0.1) is 21.4 Å². The molecule has 1 aliphatic heterocycles. The molecular weight excluding hydrogens is 290 g/mol. The van der Waals surface area contributed by atoms with Gasteiger partial charge in [0.25, 0.3) is 0 Å². The van der Waals surface area contributed by atoms with Gasteiger partial charge in [-0.1, -0.05) is 0 Å². The molecule has 9 heteroatoms. The second kappa shape index (κ2) is 6.82. The summed E-state index contributed by atoms with van der Waals surface area (Å²) in [5.74, 6) is -0.435. The number of aromatic nitrogens is 1. The van der Waals surface area contributed by atoms with Crippen LogP contribution in [0.25, 0.3) is 0 Å². The van der Waals surface area contributed by atoms with E-state index in [9.17, 15) is 14.9 Å². The molecule has 0 radical (unpaired) electrons. The number of esters is 1. The number of hydrogen-bond donors (Lipinski definition) is 0. The molecule has 1 aromatic heterocycles. The Labute approximate surface area is 126 Å². The van der Waals surface area contributed by atoms with Gasteiger partial charge >= 0.3 is 11.7 Å². The fourth-order valence-corrected chi connectivity index (χ4v) is 2.27. The molecule has 2 rings (SSSR count). The van der Waals surface area contributed by atoms with E-state index in [1.807, 2.05) is 4.90 Å². The third-order valence-corrected chi connectivity index (χ3v) is 3.43. The van der Waals surface area contributed by atoms with Crippen LogP contribution < -0.4 is 4.90 Å². The van der Waals surface area contributed by atoms with Gasteiger partial charge in [0.2, 0.25) is 5.82 Å². The molecule has 1 saturated heterocycles. The molecule has 1 fully saturated rings. The minimum Gasteiger partial charge on any atom is -0.465 e. The van der Waals surface area contributed by atoms with Gasteiger partial charge in [-0.25, -0.2) is 9.78 Å². The number of nitriles is 1. The maximum Gasteiger partial charge on any atom is 0.339 e. The van der Waals surface area contributed by atoms with Crippen molar-refractivity contribution in [2.75, 3.05) is 44.7 Å². The Morgan fingerprint density at radius 3 is 2.73 bits per heavy atom. The van der Waals surface area contributed by atoms with Crippen molar-refractivity contribution in [3.05, 3.63) is 27.9 Å². The molecule has 0 N–H and O–H groups in total. The smallest absolute Gasteiger partial charge is 0.339 e. The molecule has 0 unspecified atom stereocenters. The number of rotatable bonds is 4. The molecule has 0 atom stereocenters. The predicted octanol–water partition coefficient (Wildman–Crippen LogP) is 0.422. The van der Waals surface area contributed by atoms with Crippen LogP contribution in [0.3, 0.4) is 0 Å². The number of ether oxygens (including phenoxy) is 1. The summed E-state index contributed by atoms with van der Waals surface area (Å²) < 4.78 is 4.54. The van der Waals surface area contributed by atoms with Crippen molar-refractivity contribution in [1.82, 2.24) is 9.88 Å². The van der Waals surface area contributed by atoms with E-state index in [0.29, 0.717) is 32.7 Å². The zero-order chi connectivity index (χ0) is 16.1. The largest absolute Gasteiger partial charge is 0.465 e. The average Bonchev–Trinajstić information content (AvgIpc) is 2.54. The lowest BCUT2D eigenvalue weighted by molar-refractivity contribution is -0.384. The highest BCUT2D eigenvalue weighted by atomic mass is 16.6. The van der Waals surface area contributed by atoms with E-state index in [-0.39, 0.29) is 17.1 Å². The molecule has 0 spiro atoms. The maximum atomic E-state index is 11.5. The van der Waals surface area contributed by atoms with Crippen molar-refractivity contribution in [2.45, 2.75) is 0 Å². The molecule has 22 heavy (non-hydrogen) atoms. The quantitative estimate of drug-likeness (QED) is 0.340. The van der Waals surface area contributed by atoms with Crippen molar-refractivity contribution < 1.29 is 14.5 Å². The van der Waals surface area contributed by atoms with Crippen LogP contribution in [0.5, 0.6) is 0 Å². The van der Waals surface area contributed by atoms with Crippen molar-refractivity contribution in [3.8, 4) is 6.07 Å². The topological polar surface area (TPSA) is 113 Å². The highest BCUT2D eigenvalue weighted by Crippen LogP contribution is 2.27. The third kappa shape index (κ3) is 3.29. The number of pyridine rings is 1. The van der Waals surface area contributed by atoms with Crippen LogP contribution in [0.1, 0.15) is 10.4 Å². The number of methoxy groups -OCH3 is 1. The number of carbonyl (C=O) groups excluding carboxylic acids is 1. The molecule has 0 aromatic carbocycles. The summed E-state index contributed by atoms with van der Waals surface area (Å²) in [4.78, 5) is 29.9. The zero-order valence-corrected chi connectivity index (χ0v) is 12.1. The summed E-state index contributed by atoms with van der Waals surface area (Å²) in [7, 11) is 1.20. The zero-order valence-electron chi connectivity index (χ0n) is 12.1. The van der Waals surface area contributed by atoms with Crippen LogP contribution in [0.15, 0.2) is 12.3 Å². The Bertz CT molecular complexity index is 619. The summed E-state index contributed by atoms with van der Waals surface area (Å²) in [6.07, 6.45) is 1.27. The molecule has 116 valence electrons. The van der Waals surface area contributed by atoms with Crippen molar-refractivity contribution >= 4 is 17.5 Å². The summed E-state index contributed by atoms with van der Waals surface area (Å²) in [5.41, 5.74) is -0.183. The van der Waals surface area contributed by atoms with Crippen molar-refractivity contribution in [1.29, 1.82) is 5.26 Å². The summed E-state index contributed by atoms with van der Waals surface area (Å²) in [6.45, 7) is 2.67. The van der Waals surface area contributed by atoms with Gasteiger partial charge in [0.05, 0.1) is 30.2 Å². The van der Waals surface area contributed by atoms with Crippen LogP contribution >= 0.6 is 0 Å². The van der Waals surface area contributed by atoms with E-state index >= 15 is 0 Å². The Morgan fingerprint density at radius 1 is 1.50 bits per heavy atom. The minimum atomic E-state index is -0.666. The lowest BCUT2D eigenvalue weighted by atomic mass is 10.2.